The molecule has 0 unspecified atom stereocenters. The number of amides is 1. The van der Waals surface area contributed by atoms with Gasteiger partial charge >= 0.3 is 6.18 Å². The highest BCUT2D eigenvalue weighted by Crippen LogP contribution is 2.33. The molecule has 1 saturated carbocycles. The summed E-state index contributed by atoms with van der Waals surface area (Å²) >= 11 is 0. The van der Waals surface area contributed by atoms with Crippen LogP contribution in [0.5, 0.6) is 0 Å². The average molecular weight is 549 g/mol. The quantitative estimate of drug-likeness (QED) is 0.244. The SMILES string of the molecule is NCc1cccc(N(Cc2cccc(NC(=O)c3cc(C(F)(F)F)nn3-c3cccc(CN)c3)c2)CC2CC2)c1. The monoisotopic (exact) mass is 548 g/mol. The molecule has 4 aromatic rings. The fraction of sp³-hybridized carbons (Fsp3) is 0.267. The van der Waals surface area contributed by atoms with Gasteiger partial charge in [-0.05, 0) is 71.8 Å². The largest absolute Gasteiger partial charge is 0.435 e. The van der Waals surface area contributed by atoms with Gasteiger partial charge < -0.3 is 21.7 Å². The van der Waals surface area contributed by atoms with Crippen molar-refractivity contribution in [1.29, 1.82) is 0 Å². The molecular formula is C30H31F3N6O. The minimum Gasteiger partial charge on any atom is -0.367 e. The lowest BCUT2D eigenvalue weighted by molar-refractivity contribution is -0.141. The van der Waals surface area contributed by atoms with E-state index >= 15 is 0 Å². The summed E-state index contributed by atoms with van der Waals surface area (Å²) in [5.74, 6) is -0.0610. The first-order valence-corrected chi connectivity index (χ1v) is 13.1. The van der Waals surface area contributed by atoms with Gasteiger partial charge in [-0.2, -0.15) is 18.3 Å². The number of carbonyl (C=O) groups excluding carboxylic acids is 1. The van der Waals surface area contributed by atoms with Crippen LogP contribution in [0.3, 0.4) is 0 Å². The third kappa shape index (κ3) is 6.52. The van der Waals surface area contributed by atoms with Gasteiger partial charge in [0.2, 0.25) is 0 Å². The second-order valence-electron chi connectivity index (χ2n) is 10.1. The second kappa shape index (κ2) is 11.5. The Balaban J connectivity index is 1.40. The molecule has 0 aliphatic heterocycles. The molecule has 0 atom stereocenters. The average Bonchev–Trinajstić information content (AvgIpc) is 3.65. The van der Waals surface area contributed by atoms with E-state index in [0.717, 1.165) is 34.1 Å². The highest BCUT2D eigenvalue weighted by Gasteiger charge is 2.36. The third-order valence-corrected chi connectivity index (χ3v) is 6.87. The van der Waals surface area contributed by atoms with Crippen LogP contribution in [0.2, 0.25) is 0 Å². The zero-order valence-electron chi connectivity index (χ0n) is 21.9. The van der Waals surface area contributed by atoms with Crippen molar-refractivity contribution in [3.63, 3.8) is 0 Å². The smallest absolute Gasteiger partial charge is 0.367 e. The van der Waals surface area contributed by atoms with Crippen LogP contribution >= 0.6 is 0 Å². The molecule has 1 fully saturated rings. The van der Waals surface area contributed by atoms with E-state index in [1.165, 1.54) is 12.8 Å². The van der Waals surface area contributed by atoms with Crippen LogP contribution in [0.15, 0.2) is 78.9 Å². The van der Waals surface area contributed by atoms with E-state index in [-0.39, 0.29) is 12.2 Å². The van der Waals surface area contributed by atoms with Crippen LogP contribution in [0.1, 0.15) is 45.7 Å². The van der Waals surface area contributed by atoms with Crippen molar-refractivity contribution >= 4 is 17.3 Å². The van der Waals surface area contributed by atoms with E-state index in [1.807, 2.05) is 30.3 Å². The lowest BCUT2D eigenvalue weighted by atomic mass is 10.1. The summed E-state index contributed by atoms with van der Waals surface area (Å²) in [6, 6.07) is 22.8. The number of anilines is 2. The lowest BCUT2D eigenvalue weighted by Gasteiger charge is -2.26. The molecule has 0 radical (unpaired) electrons. The highest BCUT2D eigenvalue weighted by molar-refractivity contribution is 6.03. The number of alkyl halides is 3. The Hall–Kier alpha value is -4.15. The number of aromatic nitrogens is 2. The molecule has 7 nitrogen and oxygen atoms in total. The zero-order chi connectivity index (χ0) is 28.3. The minimum atomic E-state index is -4.71. The molecule has 1 aromatic heterocycles. The Morgan fingerprint density at radius 2 is 1.60 bits per heavy atom. The summed E-state index contributed by atoms with van der Waals surface area (Å²) < 4.78 is 41.7. The molecule has 208 valence electrons. The van der Waals surface area contributed by atoms with Crippen molar-refractivity contribution in [2.24, 2.45) is 17.4 Å². The van der Waals surface area contributed by atoms with E-state index in [2.05, 4.69) is 27.4 Å². The van der Waals surface area contributed by atoms with Crippen molar-refractivity contribution < 1.29 is 18.0 Å². The first-order valence-electron chi connectivity index (χ1n) is 13.1. The number of hydrogen-bond acceptors (Lipinski definition) is 5. The summed E-state index contributed by atoms with van der Waals surface area (Å²) in [6.07, 6.45) is -2.31. The Labute approximate surface area is 230 Å². The number of halogens is 3. The Morgan fingerprint density at radius 3 is 2.30 bits per heavy atom. The van der Waals surface area contributed by atoms with Crippen LogP contribution < -0.4 is 21.7 Å². The van der Waals surface area contributed by atoms with Crippen LogP contribution in [-0.2, 0) is 25.8 Å². The first-order chi connectivity index (χ1) is 19.2. The molecular weight excluding hydrogens is 517 g/mol. The molecule has 1 amide bonds. The summed E-state index contributed by atoms with van der Waals surface area (Å²) in [7, 11) is 0. The van der Waals surface area contributed by atoms with Gasteiger partial charge in [0.1, 0.15) is 5.69 Å². The maximum atomic E-state index is 13.6. The molecule has 3 aromatic carbocycles. The van der Waals surface area contributed by atoms with Crippen molar-refractivity contribution in [2.45, 2.75) is 38.7 Å². The molecule has 0 spiro atoms. The second-order valence-corrected chi connectivity index (χ2v) is 10.1. The molecule has 40 heavy (non-hydrogen) atoms. The maximum Gasteiger partial charge on any atom is 0.435 e. The zero-order valence-corrected chi connectivity index (χ0v) is 21.9. The predicted molar refractivity (Wildman–Crippen MR) is 149 cm³/mol. The molecule has 1 aliphatic rings. The number of rotatable bonds is 10. The van der Waals surface area contributed by atoms with Gasteiger partial charge in [-0.15, -0.1) is 0 Å². The molecule has 5 N–H and O–H groups in total. The predicted octanol–water partition coefficient (Wildman–Crippen LogP) is 5.48. The van der Waals surface area contributed by atoms with Gasteiger partial charge in [0.25, 0.3) is 5.91 Å². The number of benzene rings is 3. The number of nitrogens with zero attached hydrogens (tertiary/aromatic N) is 3. The van der Waals surface area contributed by atoms with Crippen molar-refractivity contribution in [3.8, 4) is 5.69 Å². The molecule has 0 saturated heterocycles. The standard InChI is InChI=1S/C30H31F3N6O/c31-30(32,33)28-15-27(39(37-28)26-9-3-5-22(14-26)17-35)29(40)36-24-7-1-6-23(12-24)19-38(18-20-10-11-20)25-8-2-4-21(13-25)16-34/h1-9,12-15,20H,10-11,16-19,34-35H2,(H,36,40). The normalized spacial score (nSPS) is 13.3. The van der Waals surface area contributed by atoms with E-state index in [9.17, 15) is 18.0 Å². The van der Waals surface area contributed by atoms with Crippen LogP contribution in [0, 0.1) is 5.92 Å². The summed E-state index contributed by atoms with van der Waals surface area (Å²) in [5, 5.41) is 6.46. The molecule has 10 heteroatoms. The van der Waals surface area contributed by atoms with Gasteiger partial charge in [-0.1, -0.05) is 36.4 Å². The lowest BCUT2D eigenvalue weighted by Crippen LogP contribution is -2.25. The van der Waals surface area contributed by atoms with Crippen molar-refractivity contribution in [3.05, 3.63) is 107 Å². The van der Waals surface area contributed by atoms with Gasteiger partial charge in [0.05, 0.1) is 5.69 Å². The fourth-order valence-electron chi connectivity index (χ4n) is 4.61. The van der Waals surface area contributed by atoms with Crippen LogP contribution in [0.4, 0.5) is 24.5 Å². The summed E-state index contributed by atoms with van der Waals surface area (Å²) in [6.45, 7) is 2.17. The van der Waals surface area contributed by atoms with Crippen molar-refractivity contribution in [1.82, 2.24) is 9.78 Å². The highest BCUT2D eigenvalue weighted by atomic mass is 19.4. The van der Waals surface area contributed by atoms with Crippen LogP contribution in [0.25, 0.3) is 5.69 Å². The van der Waals surface area contributed by atoms with Gasteiger partial charge in [-0.25, -0.2) is 4.68 Å². The molecule has 1 heterocycles. The molecule has 1 aliphatic carbocycles. The van der Waals surface area contributed by atoms with Gasteiger partial charge in [-0.3, -0.25) is 4.79 Å². The molecule has 0 bridgehead atoms. The third-order valence-electron chi connectivity index (χ3n) is 6.87. The van der Waals surface area contributed by atoms with Crippen LogP contribution in [-0.4, -0.2) is 22.2 Å². The Morgan fingerprint density at radius 1 is 0.925 bits per heavy atom. The summed E-state index contributed by atoms with van der Waals surface area (Å²) in [4.78, 5) is 15.6. The Kier molecular flexibility index (Phi) is 7.90. The first kappa shape index (κ1) is 27.4. The maximum absolute atomic E-state index is 13.6. The van der Waals surface area contributed by atoms with E-state index in [1.54, 1.807) is 30.3 Å². The van der Waals surface area contributed by atoms with E-state index < -0.39 is 17.8 Å². The number of carbonyl (C=O) groups is 1. The fourth-order valence-corrected chi connectivity index (χ4v) is 4.61. The number of nitrogens with two attached hydrogens (primary N) is 2. The topological polar surface area (TPSA) is 102 Å². The van der Waals surface area contributed by atoms with Gasteiger partial charge in [0, 0.05) is 43.6 Å². The van der Waals surface area contributed by atoms with E-state index in [4.69, 9.17) is 11.5 Å². The Bertz CT molecular complexity index is 1490. The van der Waals surface area contributed by atoms with Gasteiger partial charge in [0.15, 0.2) is 5.69 Å². The van der Waals surface area contributed by atoms with E-state index in [0.29, 0.717) is 35.9 Å². The van der Waals surface area contributed by atoms with Crippen molar-refractivity contribution in [2.75, 3.05) is 16.8 Å². The number of hydrogen-bond donors (Lipinski definition) is 3. The minimum absolute atomic E-state index is 0.198. The summed E-state index contributed by atoms with van der Waals surface area (Å²) in [5.41, 5.74) is 14.7. The number of nitrogens with one attached hydrogen (secondary N) is 1. The molecule has 5 rings (SSSR count).